The maximum absolute atomic E-state index is 11.9. The van der Waals surface area contributed by atoms with Gasteiger partial charge in [-0.25, -0.2) is 0 Å². The molecule has 136 valence electrons. The minimum Gasteiger partial charge on any atom is -0.493 e. The Morgan fingerprint density at radius 3 is 2.48 bits per heavy atom. The normalized spacial score (nSPS) is 23.3. The summed E-state index contributed by atoms with van der Waals surface area (Å²) in [6.07, 6.45) is 3.05. The van der Waals surface area contributed by atoms with Crippen LogP contribution < -0.4 is 14.8 Å². The molecule has 2 aliphatic rings. The molecule has 0 amide bonds. The predicted molar refractivity (Wildman–Crippen MR) is 97.4 cm³/mol. The van der Waals surface area contributed by atoms with Crippen molar-refractivity contribution in [2.45, 2.75) is 38.8 Å². The van der Waals surface area contributed by atoms with Crippen LogP contribution in [0.4, 0.5) is 0 Å². The highest BCUT2D eigenvalue weighted by molar-refractivity contribution is 6.07. The Morgan fingerprint density at radius 2 is 1.88 bits per heavy atom. The Balaban J connectivity index is 1.99. The minimum absolute atomic E-state index is 0.251. The van der Waals surface area contributed by atoms with E-state index in [1.807, 2.05) is 23.2 Å². The molecule has 2 heterocycles. The summed E-state index contributed by atoms with van der Waals surface area (Å²) in [5.41, 5.74) is 1.52. The van der Waals surface area contributed by atoms with Gasteiger partial charge in [0.15, 0.2) is 11.5 Å². The van der Waals surface area contributed by atoms with E-state index in [0.29, 0.717) is 17.5 Å². The van der Waals surface area contributed by atoms with E-state index in [1.165, 1.54) is 0 Å². The average Bonchev–Trinajstić information content (AvgIpc) is 2.92. The van der Waals surface area contributed by atoms with Crippen molar-refractivity contribution in [2.75, 3.05) is 27.3 Å². The van der Waals surface area contributed by atoms with Crippen LogP contribution in [0.15, 0.2) is 23.3 Å². The van der Waals surface area contributed by atoms with Gasteiger partial charge in [-0.05, 0) is 44.1 Å². The van der Waals surface area contributed by atoms with Crippen LogP contribution in [0, 0.1) is 5.41 Å². The van der Waals surface area contributed by atoms with Gasteiger partial charge in [0, 0.05) is 11.0 Å². The van der Waals surface area contributed by atoms with Gasteiger partial charge < -0.3 is 19.6 Å². The molecule has 0 bridgehead atoms. The van der Waals surface area contributed by atoms with Crippen LogP contribution in [-0.2, 0) is 4.79 Å². The molecule has 0 spiro atoms. The number of benzene rings is 1. The molecule has 0 aromatic heterocycles. The zero-order chi connectivity index (χ0) is 18.0. The molecule has 2 aliphatic heterocycles. The highest BCUT2D eigenvalue weighted by atomic mass is 16.5. The van der Waals surface area contributed by atoms with E-state index >= 15 is 0 Å². The second-order valence-electron chi connectivity index (χ2n) is 7.18. The number of aldehydes is 1. The van der Waals surface area contributed by atoms with E-state index in [1.54, 1.807) is 14.2 Å². The summed E-state index contributed by atoms with van der Waals surface area (Å²) in [6.45, 7) is 6.11. The van der Waals surface area contributed by atoms with Crippen molar-refractivity contribution in [3.63, 3.8) is 0 Å². The third-order valence-electron chi connectivity index (χ3n) is 5.32. The molecule has 1 aromatic carbocycles. The molecular weight excluding hydrogens is 318 g/mol. The highest BCUT2D eigenvalue weighted by Crippen LogP contribution is 2.40. The number of ether oxygens (including phenoxy) is 2. The Hall–Kier alpha value is -2.08. The van der Waals surface area contributed by atoms with Crippen molar-refractivity contribution in [1.29, 1.82) is 0 Å². The van der Waals surface area contributed by atoms with Crippen LogP contribution in [-0.4, -0.2) is 56.4 Å². The molecule has 1 fully saturated rings. The topological polar surface area (TPSA) is 63.2 Å². The monoisotopic (exact) mass is 345 g/mol. The molecule has 3 rings (SSSR count). The first-order valence-corrected chi connectivity index (χ1v) is 8.78. The van der Waals surface area contributed by atoms with Crippen LogP contribution in [0.25, 0.3) is 0 Å². The molecule has 0 radical (unpaired) electrons. The van der Waals surface area contributed by atoms with Crippen molar-refractivity contribution in [3.8, 4) is 11.5 Å². The first-order valence-electron chi connectivity index (χ1n) is 8.78. The minimum atomic E-state index is -0.369. The number of carbonyl (C=O) groups excluding carboxylic acids is 1. The van der Waals surface area contributed by atoms with Gasteiger partial charge in [0.25, 0.3) is 0 Å². The molecule has 1 saturated heterocycles. The second-order valence-corrected chi connectivity index (χ2v) is 7.18. The van der Waals surface area contributed by atoms with E-state index < -0.39 is 0 Å². The van der Waals surface area contributed by atoms with E-state index in [-0.39, 0.29) is 11.5 Å². The van der Waals surface area contributed by atoms with Crippen molar-refractivity contribution in [1.82, 2.24) is 10.3 Å². The number of nitrogens with one attached hydrogen (secondary N) is 1. The number of hydrazone groups is 1. The Kier molecular flexibility index (Phi) is 4.99. The molecule has 1 unspecified atom stereocenters. The van der Waals surface area contributed by atoms with Crippen LogP contribution >= 0.6 is 0 Å². The van der Waals surface area contributed by atoms with Gasteiger partial charge >= 0.3 is 0 Å². The van der Waals surface area contributed by atoms with Crippen molar-refractivity contribution < 1.29 is 14.3 Å². The smallest absolute Gasteiger partial charge is 0.161 e. The molecule has 6 nitrogen and oxygen atoms in total. The second kappa shape index (κ2) is 7.04. The number of piperidine rings is 1. The zero-order valence-corrected chi connectivity index (χ0v) is 15.4. The fourth-order valence-electron chi connectivity index (χ4n) is 3.80. The molecule has 6 heteroatoms. The summed E-state index contributed by atoms with van der Waals surface area (Å²) in [4.78, 5) is 11.9. The van der Waals surface area contributed by atoms with Gasteiger partial charge in [-0.2, -0.15) is 5.10 Å². The van der Waals surface area contributed by atoms with Crippen molar-refractivity contribution >= 4 is 12.0 Å². The van der Waals surface area contributed by atoms with Gasteiger partial charge in [-0.3, -0.25) is 5.01 Å². The summed E-state index contributed by atoms with van der Waals surface area (Å²) in [5, 5.41) is 10.3. The van der Waals surface area contributed by atoms with E-state index in [4.69, 9.17) is 14.6 Å². The lowest BCUT2D eigenvalue weighted by Crippen LogP contribution is -2.48. The Morgan fingerprint density at radius 1 is 1.20 bits per heavy atom. The Bertz CT molecular complexity index is 666. The summed E-state index contributed by atoms with van der Waals surface area (Å²) >= 11 is 0. The van der Waals surface area contributed by atoms with Gasteiger partial charge in [-0.1, -0.05) is 13.8 Å². The summed E-state index contributed by atoms with van der Waals surface area (Å²) in [6, 6.07) is 5.85. The molecule has 25 heavy (non-hydrogen) atoms. The van der Waals surface area contributed by atoms with Crippen LogP contribution in [0.1, 0.15) is 32.3 Å². The summed E-state index contributed by atoms with van der Waals surface area (Å²) < 4.78 is 10.8. The number of hydrogen-bond donors (Lipinski definition) is 1. The first kappa shape index (κ1) is 17.7. The molecular formula is C19H27N3O3. The lowest BCUT2D eigenvalue weighted by molar-refractivity contribution is -0.115. The van der Waals surface area contributed by atoms with E-state index in [2.05, 4.69) is 19.2 Å². The quantitative estimate of drug-likeness (QED) is 0.828. The van der Waals surface area contributed by atoms with Gasteiger partial charge in [0.05, 0.1) is 26.0 Å². The number of carbonyl (C=O) groups is 1. The maximum atomic E-state index is 11.9. The summed E-state index contributed by atoms with van der Waals surface area (Å²) in [7, 11) is 3.24. The highest BCUT2D eigenvalue weighted by Gasteiger charge is 2.47. The number of rotatable bonds is 5. The first-order chi connectivity index (χ1) is 12.0. The van der Waals surface area contributed by atoms with Gasteiger partial charge in [0.1, 0.15) is 12.3 Å². The predicted octanol–water partition coefficient (Wildman–Crippen LogP) is 2.07. The number of methoxy groups -OCH3 is 2. The van der Waals surface area contributed by atoms with Gasteiger partial charge in [0.2, 0.25) is 0 Å². The van der Waals surface area contributed by atoms with E-state index in [9.17, 15) is 4.79 Å². The average molecular weight is 345 g/mol. The molecule has 1 atom stereocenters. The molecule has 0 aliphatic carbocycles. The largest absolute Gasteiger partial charge is 0.493 e. The molecule has 1 aromatic rings. The van der Waals surface area contributed by atoms with E-state index in [0.717, 1.165) is 43.5 Å². The Labute approximate surface area is 149 Å². The van der Waals surface area contributed by atoms with Gasteiger partial charge in [-0.15, -0.1) is 0 Å². The zero-order valence-electron chi connectivity index (χ0n) is 15.4. The fraction of sp³-hybridized carbons (Fsp3) is 0.579. The third kappa shape index (κ3) is 3.11. The maximum Gasteiger partial charge on any atom is 0.161 e. The lowest BCUT2D eigenvalue weighted by Gasteiger charge is -2.36. The summed E-state index contributed by atoms with van der Waals surface area (Å²) in [5.74, 6) is 1.35. The van der Waals surface area contributed by atoms with Crippen molar-refractivity contribution in [3.05, 3.63) is 23.8 Å². The molecule has 1 N–H and O–H groups in total. The lowest BCUT2D eigenvalue weighted by atomic mass is 9.78. The van der Waals surface area contributed by atoms with Crippen LogP contribution in [0.5, 0.6) is 11.5 Å². The fourth-order valence-corrected chi connectivity index (χ4v) is 3.80. The number of hydrogen-bond acceptors (Lipinski definition) is 6. The number of nitrogens with zero attached hydrogens (tertiary/aromatic N) is 2. The van der Waals surface area contributed by atoms with Crippen molar-refractivity contribution in [2.24, 2.45) is 10.5 Å². The third-order valence-corrected chi connectivity index (χ3v) is 5.32. The molecule has 0 saturated carbocycles. The SMILES string of the molecule is COc1ccc(C2=NN(C3CCNCC3)C(C=O)C2(C)C)cc1OC. The van der Waals surface area contributed by atoms with Crippen LogP contribution in [0.3, 0.4) is 0 Å². The standard InChI is InChI=1S/C19H27N3O3/c1-19(2)17(12-23)22(14-7-9-20-10-8-14)21-18(19)13-5-6-15(24-3)16(11-13)25-4/h5-6,11-12,14,17,20H,7-10H2,1-4H3. The van der Waals surface area contributed by atoms with Crippen LogP contribution in [0.2, 0.25) is 0 Å².